The maximum Gasteiger partial charge on any atom is 0.303 e. The average Bonchev–Trinajstić information content (AvgIpc) is 2.25. The Kier molecular flexibility index (Phi) is 4.47. The van der Waals surface area contributed by atoms with Gasteiger partial charge in [0.1, 0.15) is 11.6 Å². The summed E-state index contributed by atoms with van der Waals surface area (Å²) in [7, 11) is 0. The number of aromatic hydroxyl groups is 1. The molecule has 0 radical (unpaired) electrons. The van der Waals surface area contributed by atoms with Gasteiger partial charge in [0.15, 0.2) is 0 Å². The topological polar surface area (TPSA) is 86.6 Å². The molecule has 0 saturated carbocycles. The molecule has 104 valence electrons. The number of nitrogens with one attached hydrogen (secondary N) is 1. The maximum atomic E-state index is 12.8. The predicted molar refractivity (Wildman–Crippen MR) is 66.5 cm³/mol. The smallest absolute Gasteiger partial charge is 0.303 e. The van der Waals surface area contributed by atoms with Gasteiger partial charge in [0.05, 0.1) is 5.56 Å². The number of carboxylic acids is 1. The monoisotopic (exact) mass is 269 g/mol. The molecule has 0 saturated heterocycles. The van der Waals surface area contributed by atoms with Crippen molar-refractivity contribution < 1.29 is 24.2 Å². The summed E-state index contributed by atoms with van der Waals surface area (Å²) in [6.45, 7) is 3.35. The summed E-state index contributed by atoms with van der Waals surface area (Å²) in [4.78, 5) is 22.4. The lowest BCUT2D eigenvalue weighted by atomic mass is 9.97. The number of hydrogen-bond acceptors (Lipinski definition) is 3. The second-order valence-corrected chi connectivity index (χ2v) is 4.89. The minimum absolute atomic E-state index is 0.0511. The van der Waals surface area contributed by atoms with Crippen molar-refractivity contribution >= 4 is 11.9 Å². The zero-order valence-corrected chi connectivity index (χ0v) is 10.7. The summed E-state index contributed by atoms with van der Waals surface area (Å²) in [6.07, 6.45) is 0.165. The van der Waals surface area contributed by atoms with Gasteiger partial charge in [0, 0.05) is 18.0 Å². The van der Waals surface area contributed by atoms with Crippen molar-refractivity contribution in [3.63, 3.8) is 0 Å². The van der Waals surface area contributed by atoms with Gasteiger partial charge < -0.3 is 15.5 Å². The van der Waals surface area contributed by atoms with Gasteiger partial charge in [-0.05, 0) is 32.4 Å². The Labute approximate surface area is 110 Å². The fraction of sp³-hybridized carbons (Fsp3) is 0.385. The third-order valence-electron chi connectivity index (χ3n) is 2.62. The standard InChI is InChI=1S/C13H16FNO4/c1-13(2,6-5-11(17)18)15-12(19)9-4-3-8(14)7-10(9)16/h3-4,7,16H,5-6H2,1-2H3,(H,15,19)(H,17,18). The zero-order valence-electron chi connectivity index (χ0n) is 10.7. The van der Waals surface area contributed by atoms with Crippen molar-refractivity contribution in [1.82, 2.24) is 5.32 Å². The molecule has 1 aromatic carbocycles. The van der Waals surface area contributed by atoms with Crippen LogP contribution in [0.25, 0.3) is 0 Å². The summed E-state index contributed by atoms with van der Waals surface area (Å²) in [6, 6.07) is 3.09. The average molecular weight is 269 g/mol. The highest BCUT2D eigenvalue weighted by Gasteiger charge is 2.23. The van der Waals surface area contributed by atoms with Crippen molar-refractivity contribution in [1.29, 1.82) is 0 Å². The molecule has 0 unspecified atom stereocenters. The van der Waals surface area contributed by atoms with E-state index in [0.29, 0.717) is 0 Å². The maximum absolute atomic E-state index is 12.8. The summed E-state index contributed by atoms with van der Waals surface area (Å²) in [5.74, 6) is -2.62. The first kappa shape index (κ1) is 14.9. The molecule has 19 heavy (non-hydrogen) atoms. The lowest BCUT2D eigenvalue weighted by Crippen LogP contribution is -2.43. The number of carboxylic acid groups (broad SMARTS) is 1. The van der Waals surface area contributed by atoms with Gasteiger partial charge in [-0.1, -0.05) is 0 Å². The lowest BCUT2D eigenvalue weighted by Gasteiger charge is -2.25. The highest BCUT2D eigenvalue weighted by atomic mass is 19.1. The molecule has 1 rings (SSSR count). The van der Waals surface area contributed by atoms with E-state index >= 15 is 0 Å². The number of rotatable bonds is 5. The molecule has 0 aliphatic carbocycles. The molecule has 6 heteroatoms. The molecule has 3 N–H and O–H groups in total. The summed E-state index contributed by atoms with van der Waals surface area (Å²) >= 11 is 0. The van der Waals surface area contributed by atoms with Crippen LogP contribution in [0.1, 0.15) is 37.0 Å². The first-order valence-corrected chi connectivity index (χ1v) is 5.74. The van der Waals surface area contributed by atoms with E-state index < -0.39 is 29.0 Å². The Morgan fingerprint density at radius 2 is 2.00 bits per heavy atom. The minimum Gasteiger partial charge on any atom is -0.507 e. The molecule has 0 aromatic heterocycles. The van der Waals surface area contributed by atoms with Crippen molar-refractivity contribution in [3.8, 4) is 5.75 Å². The number of aliphatic carboxylic acids is 1. The number of phenols is 1. The molecular formula is C13H16FNO4. The van der Waals surface area contributed by atoms with E-state index in [9.17, 15) is 19.1 Å². The lowest BCUT2D eigenvalue weighted by molar-refractivity contribution is -0.137. The van der Waals surface area contributed by atoms with Crippen LogP contribution < -0.4 is 5.32 Å². The van der Waals surface area contributed by atoms with Crippen LogP contribution in [-0.4, -0.2) is 27.6 Å². The fourth-order valence-corrected chi connectivity index (χ4v) is 1.55. The second kappa shape index (κ2) is 5.69. The third kappa shape index (κ3) is 4.57. The number of amides is 1. The molecule has 0 atom stereocenters. The minimum atomic E-state index is -0.952. The Morgan fingerprint density at radius 3 is 2.53 bits per heavy atom. The van der Waals surface area contributed by atoms with Crippen LogP contribution in [0.5, 0.6) is 5.75 Å². The van der Waals surface area contributed by atoms with Crippen LogP contribution in [0.2, 0.25) is 0 Å². The normalized spacial score (nSPS) is 11.1. The summed E-state index contributed by atoms with van der Waals surface area (Å²) in [5, 5.41) is 20.7. The number of carbonyl (C=O) groups is 2. The highest BCUT2D eigenvalue weighted by Crippen LogP contribution is 2.20. The van der Waals surface area contributed by atoms with Crippen molar-refractivity contribution in [3.05, 3.63) is 29.6 Å². The molecule has 0 bridgehead atoms. The third-order valence-corrected chi connectivity index (χ3v) is 2.62. The van der Waals surface area contributed by atoms with Crippen LogP contribution in [0.4, 0.5) is 4.39 Å². The zero-order chi connectivity index (χ0) is 14.6. The number of phenolic OH excluding ortho intramolecular Hbond substituents is 1. The van der Waals surface area contributed by atoms with Crippen LogP contribution in [0.15, 0.2) is 18.2 Å². The van der Waals surface area contributed by atoms with Crippen molar-refractivity contribution in [2.24, 2.45) is 0 Å². The van der Waals surface area contributed by atoms with E-state index in [1.807, 2.05) is 0 Å². The van der Waals surface area contributed by atoms with Gasteiger partial charge in [-0.2, -0.15) is 0 Å². The number of hydrogen-bond donors (Lipinski definition) is 3. The Hall–Kier alpha value is -2.11. The van der Waals surface area contributed by atoms with Crippen molar-refractivity contribution in [2.45, 2.75) is 32.2 Å². The highest BCUT2D eigenvalue weighted by molar-refractivity contribution is 5.97. The second-order valence-electron chi connectivity index (χ2n) is 4.89. The van der Waals surface area contributed by atoms with E-state index in [1.54, 1.807) is 13.8 Å². The quantitative estimate of drug-likeness (QED) is 0.762. The first-order chi connectivity index (χ1) is 8.71. The number of carbonyl (C=O) groups excluding carboxylic acids is 1. The number of benzene rings is 1. The molecule has 5 nitrogen and oxygen atoms in total. The predicted octanol–water partition coefficient (Wildman–Crippen LogP) is 1.90. The largest absolute Gasteiger partial charge is 0.507 e. The van der Waals surface area contributed by atoms with Gasteiger partial charge >= 0.3 is 5.97 Å². The van der Waals surface area contributed by atoms with Crippen LogP contribution in [-0.2, 0) is 4.79 Å². The Balaban J connectivity index is 2.75. The van der Waals surface area contributed by atoms with Crippen LogP contribution >= 0.6 is 0 Å². The van der Waals surface area contributed by atoms with Gasteiger partial charge in [-0.25, -0.2) is 4.39 Å². The molecule has 1 aromatic rings. The van der Waals surface area contributed by atoms with E-state index in [4.69, 9.17) is 5.11 Å². The van der Waals surface area contributed by atoms with Crippen LogP contribution in [0, 0.1) is 5.82 Å². The molecule has 0 spiro atoms. The molecule has 0 heterocycles. The fourth-order valence-electron chi connectivity index (χ4n) is 1.55. The van der Waals surface area contributed by atoms with Crippen molar-refractivity contribution in [2.75, 3.05) is 0 Å². The Morgan fingerprint density at radius 1 is 1.37 bits per heavy atom. The first-order valence-electron chi connectivity index (χ1n) is 5.74. The van der Waals surface area contributed by atoms with Gasteiger partial charge in [0.2, 0.25) is 0 Å². The molecule has 0 aliphatic rings. The molecular weight excluding hydrogens is 253 g/mol. The van der Waals surface area contributed by atoms with E-state index in [1.165, 1.54) is 6.07 Å². The van der Waals surface area contributed by atoms with E-state index in [0.717, 1.165) is 12.1 Å². The summed E-state index contributed by atoms with van der Waals surface area (Å²) in [5.41, 5.74) is -0.791. The Bertz CT molecular complexity index is 499. The van der Waals surface area contributed by atoms with Crippen LogP contribution in [0.3, 0.4) is 0 Å². The van der Waals surface area contributed by atoms with Gasteiger partial charge in [-0.15, -0.1) is 0 Å². The SMILES string of the molecule is CC(C)(CCC(=O)O)NC(=O)c1ccc(F)cc1O. The molecule has 1 amide bonds. The van der Waals surface area contributed by atoms with E-state index in [2.05, 4.69) is 5.32 Å². The molecule has 0 aliphatic heterocycles. The van der Waals surface area contributed by atoms with E-state index in [-0.39, 0.29) is 18.4 Å². The molecule has 0 fully saturated rings. The summed E-state index contributed by atoms with van der Waals surface area (Å²) < 4.78 is 12.8. The van der Waals surface area contributed by atoms with Gasteiger partial charge in [0.25, 0.3) is 5.91 Å². The van der Waals surface area contributed by atoms with Gasteiger partial charge in [-0.3, -0.25) is 9.59 Å². The number of halogens is 1.